The van der Waals surface area contributed by atoms with Gasteiger partial charge in [0, 0.05) is 45.9 Å². The first-order chi connectivity index (χ1) is 12.8. The Hall–Kier alpha value is -2.24. The summed E-state index contributed by atoms with van der Waals surface area (Å²) in [6, 6.07) is 3.41. The number of likely N-dealkylation sites (tertiary alicyclic amines) is 1. The van der Waals surface area contributed by atoms with E-state index in [0.717, 1.165) is 4.31 Å². The summed E-state index contributed by atoms with van der Waals surface area (Å²) >= 11 is 0. The van der Waals surface area contributed by atoms with Gasteiger partial charge in [-0.2, -0.15) is 4.98 Å². The van der Waals surface area contributed by atoms with Crippen LogP contribution in [0.1, 0.15) is 12.3 Å². The summed E-state index contributed by atoms with van der Waals surface area (Å²) in [6.07, 6.45) is 1.01. The molecule has 1 aliphatic rings. The Balaban J connectivity index is 1.53. The number of aliphatic hydroxyl groups excluding tert-OH is 1. The normalized spacial score (nSPS) is 20.5. The molecule has 2 atom stereocenters. The minimum atomic E-state index is -3.44. The highest BCUT2D eigenvalue weighted by atomic mass is 32.2. The van der Waals surface area contributed by atoms with E-state index in [1.165, 1.54) is 25.3 Å². The van der Waals surface area contributed by atoms with E-state index < -0.39 is 22.0 Å². The number of aromatic nitrogens is 2. The smallest absolute Gasteiger partial charge is 0.238 e. The molecule has 2 aromatic rings. The van der Waals surface area contributed by atoms with Gasteiger partial charge < -0.3 is 18.9 Å². The van der Waals surface area contributed by atoms with Gasteiger partial charge in [0.1, 0.15) is 0 Å². The van der Waals surface area contributed by atoms with Crippen LogP contribution >= 0.6 is 0 Å². The summed E-state index contributed by atoms with van der Waals surface area (Å²) in [5.41, 5.74) is 0. The van der Waals surface area contributed by atoms with Crippen molar-refractivity contribution in [2.24, 2.45) is 5.92 Å². The van der Waals surface area contributed by atoms with E-state index in [2.05, 4.69) is 10.1 Å². The number of carbonyl (C=O) groups excluding carboxylic acids is 1. The number of carbonyl (C=O) groups is 1. The van der Waals surface area contributed by atoms with Gasteiger partial charge in [-0.05, 0) is 12.1 Å². The van der Waals surface area contributed by atoms with Gasteiger partial charge in [-0.25, -0.2) is 12.7 Å². The quantitative estimate of drug-likeness (QED) is 0.688. The second-order valence-corrected chi connectivity index (χ2v) is 8.90. The Morgan fingerprint density at radius 3 is 2.85 bits per heavy atom. The molecule has 0 bridgehead atoms. The Kier molecular flexibility index (Phi) is 5.63. The van der Waals surface area contributed by atoms with Crippen molar-refractivity contribution in [1.29, 1.82) is 0 Å². The molecular weight excluding hydrogens is 376 g/mol. The molecule has 0 aliphatic carbocycles. The summed E-state index contributed by atoms with van der Waals surface area (Å²) in [6.45, 7) is 0.322. The molecule has 0 aromatic carbocycles. The molecule has 0 unspecified atom stereocenters. The van der Waals surface area contributed by atoms with Crippen molar-refractivity contribution in [3.63, 3.8) is 0 Å². The first kappa shape index (κ1) is 19.5. The molecule has 1 N–H and O–H groups in total. The van der Waals surface area contributed by atoms with E-state index >= 15 is 0 Å². The van der Waals surface area contributed by atoms with E-state index in [1.54, 1.807) is 12.1 Å². The molecule has 0 saturated carbocycles. The number of hydrogen-bond donors (Lipinski definition) is 1. The molecule has 27 heavy (non-hydrogen) atoms. The minimum Gasteiger partial charge on any atom is -0.461 e. The molecule has 1 saturated heterocycles. The van der Waals surface area contributed by atoms with Gasteiger partial charge in [-0.15, -0.1) is 0 Å². The van der Waals surface area contributed by atoms with Gasteiger partial charge in [0.05, 0.1) is 18.1 Å². The van der Waals surface area contributed by atoms with Crippen molar-refractivity contribution in [2.45, 2.75) is 18.9 Å². The van der Waals surface area contributed by atoms with Crippen LogP contribution in [0.2, 0.25) is 0 Å². The van der Waals surface area contributed by atoms with Gasteiger partial charge in [0.2, 0.25) is 27.6 Å². The zero-order valence-electron chi connectivity index (χ0n) is 15.1. The van der Waals surface area contributed by atoms with Crippen molar-refractivity contribution >= 4 is 15.9 Å². The van der Waals surface area contributed by atoms with Gasteiger partial charge in [-0.1, -0.05) is 5.16 Å². The lowest BCUT2D eigenvalue weighted by atomic mass is 10.1. The fourth-order valence-corrected chi connectivity index (χ4v) is 4.04. The summed E-state index contributed by atoms with van der Waals surface area (Å²) in [5.74, 6) is 0.200. The number of nitrogens with zero attached hydrogens (tertiary/aromatic N) is 4. The number of amides is 1. The fourth-order valence-electron chi connectivity index (χ4n) is 2.88. The maximum Gasteiger partial charge on any atom is 0.238 e. The maximum atomic E-state index is 12.4. The third-order valence-electron chi connectivity index (χ3n) is 4.50. The van der Waals surface area contributed by atoms with Gasteiger partial charge in [0.15, 0.2) is 5.76 Å². The predicted octanol–water partition coefficient (Wildman–Crippen LogP) is -0.0271. The van der Waals surface area contributed by atoms with E-state index in [4.69, 9.17) is 8.94 Å². The Morgan fingerprint density at radius 1 is 1.41 bits per heavy atom. The van der Waals surface area contributed by atoms with Crippen LogP contribution < -0.4 is 0 Å². The number of hydrogen-bond acceptors (Lipinski definition) is 8. The highest BCUT2D eigenvalue weighted by Gasteiger charge is 2.37. The Morgan fingerprint density at radius 2 is 2.19 bits per heavy atom. The highest BCUT2D eigenvalue weighted by Crippen LogP contribution is 2.21. The lowest BCUT2D eigenvalue weighted by Gasteiger charge is -2.17. The van der Waals surface area contributed by atoms with Crippen molar-refractivity contribution in [3.8, 4) is 11.6 Å². The largest absolute Gasteiger partial charge is 0.461 e. The molecule has 0 spiro atoms. The number of rotatable bonds is 7. The molecule has 0 radical (unpaired) electrons. The van der Waals surface area contributed by atoms with Crippen LogP contribution in [0.25, 0.3) is 11.6 Å². The van der Waals surface area contributed by atoms with E-state index in [1.807, 2.05) is 0 Å². The summed E-state index contributed by atoms with van der Waals surface area (Å²) in [5, 5.41) is 13.9. The first-order valence-corrected chi connectivity index (χ1v) is 10.1. The van der Waals surface area contributed by atoms with Crippen molar-refractivity contribution in [1.82, 2.24) is 19.3 Å². The molecule has 148 valence electrons. The second-order valence-electron chi connectivity index (χ2n) is 6.68. The second kappa shape index (κ2) is 7.79. The summed E-state index contributed by atoms with van der Waals surface area (Å²) < 4.78 is 35.4. The zero-order chi connectivity index (χ0) is 19.6. The third kappa shape index (κ3) is 4.54. The van der Waals surface area contributed by atoms with Crippen LogP contribution in [0, 0.1) is 5.92 Å². The molecule has 3 heterocycles. The zero-order valence-corrected chi connectivity index (χ0v) is 15.9. The molecular formula is C16H22N4O6S. The van der Waals surface area contributed by atoms with Crippen LogP contribution in [0.4, 0.5) is 0 Å². The molecule has 3 rings (SSSR count). The first-order valence-electron chi connectivity index (χ1n) is 8.49. The number of furan rings is 1. The molecule has 1 fully saturated rings. The lowest BCUT2D eigenvalue weighted by Crippen LogP contribution is -2.33. The van der Waals surface area contributed by atoms with Crippen LogP contribution in [-0.4, -0.2) is 77.8 Å². The maximum absolute atomic E-state index is 12.4. The van der Waals surface area contributed by atoms with Gasteiger partial charge in [-0.3, -0.25) is 4.79 Å². The van der Waals surface area contributed by atoms with E-state index in [9.17, 15) is 18.3 Å². The number of β-amino-alcohol motifs (C(OH)–C–C–N with tert-alkyl or cyclic N) is 1. The number of aliphatic hydroxyl groups is 1. The van der Waals surface area contributed by atoms with Crippen LogP contribution in [-0.2, 0) is 21.2 Å². The van der Waals surface area contributed by atoms with Crippen LogP contribution in [0.3, 0.4) is 0 Å². The lowest BCUT2D eigenvalue weighted by molar-refractivity contribution is -0.130. The van der Waals surface area contributed by atoms with Crippen LogP contribution in [0.5, 0.6) is 0 Å². The van der Waals surface area contributed by atoms with Crippen molar-refractivity contribution < 1.29 is 27.3 Å². The molecule has 1 amide bonds. The van der Waals surface area contributed by atoms with E-state index in [-0.39, 0.29) is 37.6 Å². The standard InChI is InChI=1S/C16H22N4O6S/c1-19(2)27(23,24)10-11-8-20(9-12(11)21)15(22)6-5-14-17-16(18-26-14)13-4-3-7-25-13/h3-4,7,11-12,21H,5-6,8-10H2,1-2H3/t11-,12-/m0/s1. The average molecular weight is 398 g/mol. The van der Waals surface area contributed by atoms with Gasteiger partial charge >= 0.3 is 0 Å². The van der Waals surface area contributed by atoms with Crippen molar-refractivity contribution in [3.05, 3.63) is 24.3 Å². The topological polar surface area (TPSA) is 130 Å². The SMILES string of the molecule is CN(C)S(=O)(=O)C[C@@H]1CN(C(=O)CCc2nc(-c3ccco3)no2)C[C@@H]1O. The highest BCUT2D eigenvalue weighted by molar-refractivity contribution is 7.89. The molecule has 1 aliphatic heterocycles. The third-order valence-corrected chi connectivity index (χ3v) is 6.46. The molecule has 10 nitrogen and oxygen atoms in total. The number of aryl methyl sites for hydroxylation is 1. The molecule has 2 aromatic heterocycles. The summed E-state index contributed by atoms with van der Waals surface area (Å²) in [4.78, 5) is 18.0. The van der Waals surface area contributed by atoms with E-state index in [0.29, 0.717) is 17.5 Å². The average Bonchev–Trinajstić information content (AvgIpc) is 3.33. The number of sulfonamides is 1. The Labute approximate surface area is 156 Å². The van der Waals surface area contributed by atoms with Gasteiger partial charge in [0.25, 0.3) is 0 Å². The predicted molar refractivity (Wildman–Crippen MR) is 93.9 cm³/mol. The monoisotopic (exact) mass is 398 g/mol. The molecule has 11 heteroatoms. The minimum absolute atomic E-state index is 0.119. The van der Waals surface area contributed by atoms with Crippen molar-refractivity contribution in [2.75, 3.05) is 32.9 Å². The Bertz CT molecular complexity index is 877. The summed E-state index contributed by atoms with van der Waals surface area (Å²) in [7, 11) is -0.554. The fraction of sp³-hybridized carbons (Fsp3) is 0.562. The van der Waals surface area contributed by atoms with Crippen LogP contribution in [0.15, 0.2) is 27.3 Å².